The van der Waals surface area contributed by atoms with Crippen molar-refractivity contribution in [2.75, 3.05) is 19.3 Å². The number of carbonyl (C=O) groups is 1. The molecule has 7 heteroatoms. The highest BCUT2D eigenvalue weighted by Crippen LogP contribution is 2.35. The Morgan fingerprint density at radius 1 is 1.45 bits per heavy atom. The predicted octanol–water partition coefficient (Wildman–Crippen LogP) is 0.929. The molecular weight excluding hydrogens is 278 g/mol. The zero-order valence-corrected chi connectivity index (χ0v) is 12.3. The van der Waals surface area contributed by atoms with Gasteiger partial charge in [0.2, 0.25) is 5.91 Å². The van der Waals surface area contributed by atoms with E-state index in [0.29, 0.717) is 31.1 Å². The third-order valence-electron chi connectivity index (χ3n) is 4.14. The van der Waals surface area contributed by atoms with Crippen LogP contribution in [0.1, 0.15) is 37.3 Å². The van der Waals surface area contributed by atoms with Gasteiger partial charge in [-0.15, -0.1) is 0 Å². The summed E-state index contributed by atoms with van der Waals surface area (Å²) in [5.74, 6) is 0.834. The van der Waals surface area contributed by atoms with E-state index in [1.54, 1.807) is 0 Å². The van der Waals surface area contributed by atoms with E-state index in [9.17, 15) is 13.2 Å². The van der Waals surface area contributed by atoms with Gasteiger partial charge < -0.3 is 4.90 Å². The van der Waals surface area contributed by atoms with Crippen molar-refractivity contribution >= 4 is 15.7 Å². The summed E-state index contributed by atoms with van der Waals surface area (Å²) in [6.07, 6.45) is 6.32. The monoisotopic (exact) mass is 297 g/mol. The summed E-state index contributed by atoms with van der Waals surface area (Å²) in [5, 5.41) is 6.65. The van der Waals surface area contributed by atoms with Gasteiger partial charge >= 0.3 is 0 Å². The third-order valence-corrected chi connectivity index (χ3v) is 5.27. The van der Waals surface area contributed by atoms with E-state index in [1.807, 2.05) is 4.90 Å². The molecule has 1 saturated carbocycles. The van der Waals surface area contributed by atoms with E-state index in [1.165, 1.54) is 25.3 Å². The van der Waals surface area contributed by atoms with Crippen LogP contribution in [0.3, 0.4) is 0 Å². The second-order valence-electron chi connectivity index (χ2n) is 5.89. The summed E-state index contributed by atoms with van der Waals surface area (Å²) in [6, 6.07) is 0. The molecule has 1 atom stereocenters. The van der Waals surface area contributed by atoms with E-state index >= 15 is 0 Å². The summed E-state index contributed by atoms with van der Waals surface area (Å²) >= 11 is 0. The summed E-state index contributed by atoms with van der Waals surface area (Å²) in [6.45, 7) is 1.30. The number of nitrogens with zero attached hydrogens (tertiary/aromatic N) is 2. The zero-order chi connectivity index (χ0) is 14.3. The first-order valence-electron chi connectivity index (χ1n) is 6.96. The number of hydrogen-bond donors (Lipinski definition) is 1. The minimum absolute atomic E-state index is 0.0466. The van der Waals surface area contributed by atoms with Gasteiger partial charge in [-0.1, -0.05) is 0 Å². The summed E-state index contributed by atoms with van der Waals surface area (Å²) < 4.78 is 23.4. The van der Waals surface area contributed by atoms with Crippen molar-refractivity contribution in [3.05, 3.63) is 11.9 Å². The van der Waals surface area contributed by atoms with Crippen molar-refractivity contribution in [3.8, 4) is 0 Å². The van der Waals surface area contributed by atoms with Crippen LogP contribution in [-0.2, 0) is 14.6 Å². The van der Waals surface area contributed by atoms with Gasteiger partial charge in [0, 0.05) is 31.7 Å². The zero-order valence-electron chi connectivity index (χ0n) is 11.5. The standard InChI is InChI=1S/C13H19N3O3S/c1-20(18,19)11-7-14-15-13(11)10-4-5-16(8-10)12(17)6-9-2-3-9/h7,9-10H,2-6,8H2,1H3,(H,14,15). The van der Waals surface area contributed by atoms with E-state index in [0.717, 1.165) is 6.42 Å². The minimum Gasteiger partial charge on any atom is -0.342 e. The maximum absolute atomic E-state index is 12.1. The lowest BCUT2D eigenvalue weighted by atomic mass is 10.1. The quantitative estimate of drug-likeness (QED) is 0.896. The number of H-pyrrole nitrogens is 1. The van der Waals surface area contributed by atoms with Gasteiger partial charge in [0.05, 0.1) is 11.9 Å². The Balaban J connectivity index is 1.71. The van der Waals surface area contributed by atoms with Crippen LogP contribution in [0.15, 0.2) is 11.1 Å². The fraction of sp³-hybridized carbons (Fsp3) is 0.692. The van der Waals surface area contributed by atoms with E-state index in [4.69, 9.17) is 0 Å². The summed E-state index contributed by atoms with van der Waals surface area (Å²) in [4.78, 5) is 14.2. The molecule has 6 nitrogen and oxygen atoms in total. The first kappa shape index (κ1) is 13.6. The minimum atomic E-state index is -3.27. The molecule has 2 aliphatic rings. The lowest BCUT2D eigenvalue weighted by Crippen LogP contribution is -2.28. The van der Waals surface area contributed by atoms with Gasteiger partial charge in [0.1, 0.15) is 4.90 Å². The SMILES string of the molecule is CS(=O)(=O)c1cn[nH]c1C1CCN(C(=O)CC2CC2)C1. The topological polar surface area (TPSA) is 83.1 Å². The molecule has 0 spiro atoms. The first-order valence-corrected chi connectivity index (χ1v) is 8.85. The molecule has 1 aromatic heterocycles. The van der Waals surface area contributed by atoms with Crippen molar-refractivity contribution in [3.63, 3.8) is 0 Å². The molecule has 1 aliphatic heterocycles. The first-order chi connectivity index (χ1) is 9.45. The fourth-order valence-electron chi connectivity index (χ4n) is 2.79. The van der Waals surface area contributed by atoms with E-state index < -0.39 is 9.84 Å². The molecule has 0 bridgehead atoms. The Labute approximate surface area is 118 Å². The molecule has 1 saturated heterocycles. The molecule has 0 aromatic carbocycles. The third kappa shape index (κ3) is 2.72. The van der Waals surface area contributed by atoms with Gasteiger partial charge in [0.15, 0.2) is 9.84 Å². The Morgan fingerprint density at radius 3 is 2.85 bits per heavy atom. The second kappa shape index (κ2) is 4.87. The van der Waals surface area contributed by atoms with Crippen LogP contribution in [0.2, 0.25) is 0 Å². The second-order valence-corrected chi connectivity index (χ2v) is 7.88. The van der Waals surface area contributed by atoms with Gasteiger partial charge in [-0.3, -0.25) is 9.89 Å². The number of carbonyl (C=O) groups excluding carboxylic acids is 1. The molecule has 20 heavy (non-hydrogen) atoms. The molecule has 1 aromatic rings. The van der Waals surface area contributed by atoms with Gasteiger partial charge in [0.25, 0.3) is 0 Å². The van der Waals surface area contributed by atoms with Gasteiger partial charge in [-0.2, -0.15) is 5.10 Å². The van der Waals surface area contributed by atoms with Gasteiger partial charge in [-0.05, 0) is 25.2 Å². The summed E-state index contributed by atoms with van der Waals surface area (Å²) in [7, 11) is -3.27. The van der Waals surface area contributed by atoms with Crippen LogP contribution in [0.25, 0.3) is 0 Å². The molecule has 2 fully saturated rings. The molecule has 2 heterocycles. The normalized spacial score (nSPS) is 23.2. The number of aromatic nitrogens is 2. The lowest BCUT2D eigenvalue weighted by Gasteiger charge is -2.16. The van der Waals surface area contributed by atoms with Crippen molar-refractivity contribution in [1.82, 2.24) is 15.1 Å². The molecule has 1 unspecified atom stereocenters. The average molecular weight is 297 g/mol. The maximum Gasteiger partial charge on any atom is 0.222 e. The van der Waals surface area contributed by atoms with Crippen molar-refractivity contribution in [1.29, 1.82) is 0 Å². The van der Waals surface area contributed by atoms with E-state index in [-0.39, 0.29) is 16.7 Å². The number of sulfone groups is 1. The molecule has 0 radical (unpaired) electrons. The van der Waals surface area contributed by atoms with Crippen LogP contribution in [-0.4, -0.2) is 48.8 Å². The molecular formula is C13H19N3O3S. The Hall–Kier alpha value is -1.37. The number of hydrogen-bond acceptors (Lipinski definition) is 4. The Bertz CT molecular complexity index is 619. The molecule has 1 aliphatic carbocycles. The Morgan fingerprint density at radius 2 is 2.20 bits per heavy atom. The van der Waals surface area contributed by atoms with Crippen LogP contribution in [0.4, 0.5) is 0 Å². The van der Waals surface area contributed by atoms with Crippen molar-refractivity contribution < 1.29 is 13.2 Å². The average Bonchev–Trinajstić information content (AvgIpc) is 2.91. The van der Waals surface area contributed by atoms with Crippen LogP contribution in [0, 0.1) is 5.92 Å². The molecule has 1 N–H and O–H groups in total. The van der Waals surface area contributed by atoms with Crippen LogP contribution in [0.5, 0.6) is 0 Å². The molecule has 1 amide bonds. The lowest BCUT2D eigenvalue weighted by molar-refractivity contribution is -0.130. The number of likely N-dealkylation sites (tertiary alicyclic amines) is 1. The summed E-state index contributed by atoms with van der Waals surface area (Å²) in [5.41, 5.74) is 0.647. The molecule has 3 rings (SSSR count). The fourth-order valence-corrected chi connectivity index (χ4v) is 3.65. The van der Waals surface area contributed by atoms with Crippen molar-refractivity contribution in [2.45, 2.75) is 36.5 Å². The van der Waals surface area contributed by atoms with Crippen LogP contribution >= 0.6 is 0 Å². The largest absolute Gasteiger partial charge is 0.342 e. The number of aromatic amines is 1. The predicted molar refractivity (Wildman–Crippen MR) is 73.0 cm³/mol. The maximum atomic E-state index is 12.1. The number of nitrogens with one attached hydrogen (secondary N) is 1. The van der Waals surface area contributed by atoms with Crippen LogP contribution < -0.4 is 0 Å². The highest BCUT2D eigenvalue weighted by atomic mass is 32.2. The van der Waals surface area contributed by atoms with Crippen molar-refractivity contribution in [2.24, 2.45) is 5.92 Å². The number of amides is 1. The highest BCUT2D eigenvalue weighted by molar-refractivity contribution is 7.90. The molecule has 110 valence electrons. The van der Waals surface area contributed by atoms with E-state index in [2.05, 4.69) is 10.2 Å². The smallest absolute Gasteiger partial charge is 0.222 e. The van der Waals surface area contributed by atoms with Gasteiger partial charge in [-0.25, -0.2) is 8.42 Å². The number of rotatable bonds is 4. The highest BCUT2D eigenvalue weighted by Gasteiger charge is 2.34. The Kier molecular flexibility index (Phi) is 3.32.